The molecule has 0 amide bonds. The second-order valence-corrected chi connectivity index (χ2v) is 6.61. The molecule has 1 aromatic heterocycles. The molecule has 2 rings (SSSR count). The molecule has 2 heterocycles. The monoisotopic (exact) mass is 270 g/mol. The van der Waals surface area contributed by atoms with Crippen molar-refractivity contribution in [3.05, 3.63) is 29.0 Å². The zero-order valence-electron chi connectivity index (χ0n) is 10.4. The minimum absolute atomic E-state index is 0.746. The van der Waals surface area contributed by atoms with Gasteiger partial charge in [-0.3, -0.25) is 9.88 Å². The van der Waals surface area contributed by atoms with E-state index in [4.69, 9.17) is 11.6 Å². The first kappa shape index (κ1) is 13.2. The molecule has 0 N–H and O–H groups in total. The molecule has 0 aromatic carbocycles. The van der Waals surface area contributed by atoms with E-state index in [1.54, 1.807) is 6.20 Å². The Kier molecular flexibility index (Phi) is 4.71. The third kappa shape index (κ3) is 3.60. The summed E-state index contributed by atoms with van der Waals surface area (Å²) in [6.07, 6.45) is 3.55. The lowest BCUT2D eigenvalue weighted by molar-refractivity contribution is 0.260. The van der Waals surface area contributed by atoms with Gasteiger partial charge >= 0.3 is 0 Å². The molecule has 4 heteroatoms. The standard InChI is InChI=1S/C13H19ClN2S/c1-10(2)13-9-16(5-6-17-13)8-11-3-4-15-7-12(11)14/h3-4,7,10,13H,5-6,8-9H2,1-2H3. The summed E-state index contributed by atoms with van der Waals surface area (Å²) in [5.41, 5.74) is 1.19. The van der Waals surface area contributed by atoms with Gasteiger partial charge in [0.1, 0.15) is 0 Å². The lowest BCUT2D eigenvalue weighted by atomic mass is 10.1. The van der Waals surface area contributed by atoms with Gasteiger partial charge in [-0.1, -0.05) is 25.4 Å². The van der Waals surface area contributed by atoms with E-state index >= 15 is 0 Å². The minimum atomic E-state index is 0.746. The number of hydrogen-bond donors (Lipinski definition) is 0. The highest BCUT2D eigenvalue weighted by Gasteiger charge is 2.23. The number of hydrogen-bond acceptors (Lipinski definition) is 3. The molecule has 1 fully saturated rings. The Balaban J connectivity index is 1.97. The van der Waals surface area contributed by atoms with E-state index in [1.165, 1.54) is 17.9 Å². The lowest BCUT2D eigenvalue weighted by Crippen LogP contribution is -2.39. The SMILES string of the molecule is CC(C)C1CN(Cc2ccncc2Cl)CCS1. The number of rotatable bonds is 3. The van der Waals surface area contributed by atoms with Gasteiger partial charge in [0.05, 0.1) is 5.02 Å². The summed E-state index contributed by atoms with van der Waals surface area (Å²) in [5.74, 6) is 1.97. The zero-order chi connectivity index (χ0) is 12.3. The van der Waals surface area contributed by atoms with Crippen LogP contribution in [0.1, 0.15) is 19.4 Å². The predicted octanol–water partition coefficient (Wildman–Crippen LogP) is 3.31. The molecule has 0 aliphatic carbocycles. The first-order chi connectivity index (χ1) is 8.16. The maximum absolute atomic E-state index is 6.15. The van der Waals surface area contributed by atoms with Gasteiger partial charge in [0.2, 0.25) is 0 Å². The quantitative estimate of drug-likeness (QED) is 0.838. The van der Waals surface area contributed by atoms with Gasteiger partial charge in [0.25, 0.3) is 0 Å². The Bertz CT molecular complexity index is 370. The van der Waals surface area contributed by atoms with Crippen LogP contribution >= 0.6 is 23.4 Å². The van der Waals surface area contributed by atoms with Crippen LogP contribution in [-0.2, 0) is 6.54 Å². The van der Waals surface area contributed by atoms with Crippen LogP contribution in [0, 0.1) is 5.92 Å². The molecule has 1 atom stereocenters. The normalized spacial score (nSPS) is 22.0. The van der Waals surface area contributed by atoms with E-state index < -0.39 is 0 Å². The van der Waals surface area contributed by atoms with Crippen molar-refractivity contribution in [2.75, 3.05) is 18.8 Å². The van der Waals surface area contributed by atoms with Crippen molar-refractivity contribution in [2.45, 2.75) is 25.6 Å². The van der Waals surface area contributed by atoms with Crippen LogP contribution in [0.2, 0.25) is 5.02 Å². The number of pyridine rings is 1. The number of nitrogens with zero attached hydrogens (tertiary/aromatic N) is 2. The van der Waals surface area contributed by atoms with E-state index in [9.17, 15) is 0 Å². The van der Waals surface area contributed by atoms with Gasteiger partial charge in [-0.25, -0.2) is 0 Å². The average Bonchev–Trinajstić information content (AvgIpc) is 2.32. The second-order valence-electron chi connectivity index (χ2n) is 4.86. The van der Waals surface area contributed by atoms with Crippen molar-refractivity contribution in [1.29, 1.82) is 0 Å². The summed E-state index contributed by atoms with van der Waals surface area (Å²) >= 11 is 8.25. The Morgan fingerprint density at radius 3 is 3.12 bits per heavy atom. The largest absolute Gasteiger partial charge is 0.297 e. The van der Waals surface area contributed by atoms with Crippen LogP contribution in [0.3, 0.4) is 0 Å². The van der Waals surface area contributed by atoms with Gasteiger partial charge in [0.15, 0.2) is 0 Å². The molecule has 0 spiro atoms. The van der Waals surface area contributed by atoms with Crippen molar-refractivity contribution in [3.8, 4) is 0 Å². The van der Waals surface area contributed by atoms with E-state index in [0.717, 1.165) is 29.3 Å². The molecule has 17 heavy (non-hydrogen) atoms. The highest BCUT2D eigenvalue weighted by molar-refractivity contribution is 8.00. The first-order valence-electron chi connectivity index (χ1n) is 6.09. The molecule has 1 aliphatic rings. The van der Waals surface area contributed by atoms with Crippen molar-refractivity contribution in [3.63, 3.8) is 0 Å². The fourth-order valence-electron chi connectivity index (χ4n) is 2.05. The minimum Gasteiger partial charge on any atom is -0.297 e. The molecule has 2 nitrogen and oxygen atoms in total. The molecular weight excluding hydrogens is 252 g/mol. The highest BCUT2D eigenvalue weighted by atomic mass is 35.5. The third-order valence-electron chi connectivity index (χ3n) is 3.17. The van der Waals surface area contributed by atoms with Gasteiger partial charge in [0, 0.05) is 43.0 Å². The van der Waals surface area contributed by atoms with Crippen LogP contribution in [0.4, 0.5) is 0 Å². The highest BCUT2D eigenvalue weighted by Crippen LogP contribution is 2.26. The fourth-order valence-corrected chi connectivity index (χ4v) is 3.60. The Labute approximate surface area is 113 Å². The summed E-state index contributed by atoms with van der Waals surface area (Å²) in [4.78, 5) is 6.53. The van der Waals surface area contributed by atoms with Crippen LogP contribution in [0.15, 0.2) is 18.5 Å². The number of aromatic nitrogens is 1. The van der Waals surface area contributed by atoms with Crippen molar-refractivity contribution >= 4 is 23.4 Å². The Morgan fingerprint density at radius 1 is 1.59 bits per heavy atom. The molecule has 1 aromatic rings. The topological polar surface area (TPSA) is 16.1 Å². The molecule has 1 aliphatic heterocycles. The smallest absolute Gasteiger partial charge is 0.0634 e. The Morgan fingerprint density at radius 2 is 2.41 bits per heavy atom. The van der Waals surface area contributed by atoms with Gasteiger partial charge in [-0.15, -0.1) is 0 Å². The van der Waals surface area contributed by atoms with Crippen molar-refractivity contribution < 1.29 is 0 Å². The molecule has 94 valence electrons. The second kappa shape index (κ2) is 6.07. The van der Waals surface area contributed by atoms with E-state index in [2.05, 4.69) is 35.5 Å². The summed E-state index contributed by atoms with van der Waals surface area (Å²) in [5, 5.41) is 1.54. The first-order valence-corrected chi connectivity index (χ1v) is 7.52. The maximum atomic E-state index is 6.15. The molecule has 0 radical (unpaired) electrons. The number of thioether (sulfide) groups is 1. The fraction of sp³-hybridized carbons (Fsp3) is 0.615. The van der Waals surface area contributed by atoms with Crippen LogP contribution in [0.25, 0.3) is 0 Å². The summed E-state index contributed by atoms with van der Waals surface area (Å²) in [7, 11) is 0. The van der Waals surface area contributed by atoms with Gasteiger partial charge in [-0.05, 0) is 17.5 Å². The van der Waals surface area contributed by atoms with E-state index in [1.807, 2.05) is 12.3 Å². The molecule has 1 unspecified atom stereocenters. The molecule has 0 saturated carbocycles. The molecule has 0 bridgehead atoms. The van der Waals surface area contributed by atoms with Gasteiger partial charge < -0.3 is 0 Å². The predicted molar refractivity (Wildman–Crippen MR) is 75.6 cm³/mol. The lowest BCUT2D eigenvalue weighted by Gasteiger charge is -2.34. The van der Waals surface area contributed by atoms with E-state index in [0.29, 0.717) is 0 Å². The maximum Gasteiger partial charge on any atom is 0.0634 e. The molecule has 1 saturated heterocycles. The summed E-state index contributed by atoms with van der Waals surface area (Å²) in [6.45, 7) is 7.89. The summed E-state index contributed by atoms with van der Waals surface area (Å²) < 4.78 is 0. The van der Waals surface area contributed by atoms with Crippen LogP contribution in [-0.4, -0.2) is 34.0 Å². The van der Waals surface area contributed by atoms with Crippen molar-refractivity contribution in [2.24, 2.45) is 5.92 Å². The van der Waals surface area contributed by atoms with Gasteiger partial charge in [-0.2, -0.15) is 11.8 Å². The van der Waals surface area contributed by atoms with Crippen LogP contribution < -0.4 is 0 Å². The Hall–Kier alpha value is -0.250. The third-order valence-corrected chi connectivity index (χ3v) is 5.05. The van der Waals surface area contributed by atoms with Crippen LogP contribution in [0.5, 0.6) is 0 Å². The van der Waals surface area contributed by atoms with Crippen molar-refractivity contribution in [1.82, 2.24) is 9.88 Å². The zero-order valence-corrected chi connectivity index (χ0v) is 12.0. The number of halogens is 1. The summed E-state index contributed by atoms with van der Waals surface area (Å²) in [6, 6.07) is 2.02. The van der Waals surface area contributed by atoms with E-state index in [-0.39, 0.29) is 0 Å². The molecular formula is C13H19ClN2S. The average molecular weight is 271 g/mol.